The van der Waals surface area contributed by atoms with Gasteiger partial charge in [0.2, 0.25) is 0 Å². The fourth-order valence-corrected chi connectivity index (χ4v) is 4.81. The minimum absolute atomic E-state index is 0.0876. The van der Waals surface area contributed by atoms with Crippen LogP contribution in [-0.2, 0) is 6.54 Å². The zero-order chi connectivity index (χ0) is 17.0. The molecule has 5 heteroatoms. The molecule has 2 aromatic rings. The first-order valence-electron chi connectivity index (χ1n) is 9.03. The van der Waals surface area contributed by atoms with Gasteiger partial charge in [0.1, 0.15) is 11.6 Å². The Morgan fingerprint density at radius 3 is 2.72 bits per heavy atom. The summed E-state index contributed by atoms with van der Waals surface area (Å²) in [6, 6.07) is 8.57. The molecule has 2 aromatic carbocycles. The average Bonchev–Trinajstić information content (AvgIpc) is 2.77. The van der Waals surface area contributed by atoms with Crippen molar-refractivity contribution in [3.63, 3.8) is 0 Å². The summed E-state index contributed by atoms with van der Waals surface area (Å²) in [6.07, 6.45) is 1.11. The molecule has 2 atom stereocenters. The van der Waals surface area contributed by atoms with Crippen LogP contribution in [0.5, 0.6) is 0 Å². The first-order valence-corrected chi connectivity index (χ1v) is 9.03. The molecule has 3 nitrogen and oxygen atoms in total. The Hall–Kier alpha value is -1.98. The average molecular weight is 341 g/mol. The van der Waals surface area contributed by atoms with Crippen LogP contribution in [0.1, 0.15) is 23.5 Å². The topological polar surface area (TPSA) is 27.3 Å². The molecule has 25 heavy (non-hydrogen) atoms. The molecule has 0 bridgehead atoms. The highest BCUT2D eigenvalue weighted by Crippen LogP contribution is 2.47. The summed E-state index contributed by atoms with van der Waals surface area (Å²) in [6.45, 7) is 4.64. The molecule has 3 aliphatic heterocycles. The molecule has 0 aromatic heterocycles. The minimum atomic E-state index is -0.498. The number of hydrogen-bond donors (Lipinski definition) is 2. The predicted octanol–water partition coefficient (Wildman–Crippen LogP) is 3.00. The summed E-state index contributed by atoms with van der Waals surface area (Å²) in [5.74, 6) is -0.598. The minimum Gasteiger partial charge on any atom is -0.366 e. The van der Waals surface area contributed by atoms with Crippen LogP contribution in [0.15, 0.2) is 30.3 Å². The lowest BCUT2D eigenvalue weighted by Crippen LogP contribution is -2.45. The van der Waals surface area contributed by atoms with Crippen LogP contribution < -0.4 is 15.5 Å². The Balaban J connectivity index is 1.72. The number of benzene rings is 2. The second-order valence-electron chi connectivity index (χ2n) is 7.21. The number of anilines is 1. The molecule has 0 amide bonds. The zero-order valence-corrected chi connectivity index (χ0v) is 14.0. The molecule has 0 aliphatic carbocycles. The SMILES string of the molecule is Fc1cccc(F)c1-c1cc2c3c(c1)C1CNCCC1N3CCNC2. The Labute approximate surface area is 146 Å². The van der Waals surface area contributed by atoms with Crippen molar-refractivity contribution >= 4 is 5.69 Å². The highest BCUT2D eigenvalue weighted by Gasteiger charge is 2.41. The van der Waals surface area contributed by atoms with Crippen molar-refractivity contribution in [3.8, 4) is 11.1 Å². The van der Waals surface area contributed by atoms with Gasteiger partial charge < -0.3 is 15.5 Å². The van der Waals surface area contributed by atoms with Crippen molar-refractivity contribution in [1.82, 2.24) is 10.6 Å². The van der Waals surface area contributed by atoms with E-state index < -0.39 is 11.6 Å². The number of fused-ring (bicyclic) bond motifs is 3. The van der Waals surface area contributed by atoms with Gasteiger partial charge in [-0.1, -0.05) is 6.07 Å². The maximum absolute atomic E-state index is 14.3. The first-order chi connectivity index (χ1) is 12.2. The van der Waals surface area contributed by atoms with E-state index in [1.54, 1.807) is 0 Å². The van der Waals surface area contributed by atoms with Gasteiger partial charge in [0, 0.05) is 43.8 Å². The van der Waals surface area contributed by atoms with E-state index in [9.17, 15) is 8.78 Å². The van der Waals surface area contributed by atoms with Gasteiger partial charge in [-0.25, -0.2) is 8.78 Å². The third kappa shape index (κ3) is 2.29. The van der Waals surface area contributed by atoms with Gasteiger partial charge in [0.15, 0.2) is 0 Å². The number of piperidine rings is 1. The fourth-order valence-electron chi connectivity index (χ4n) is 4.81. The summed E-state index contributed by atoms with van der Waals surface area (Å²) in [4.78, 5) is 2.53. The maximum Gasteiger partial charge on any atom is 0.133 e. The standard InChI is InChI=1S/C20H21F2N3/c21-16-2-1-3-17(22)19(16)12-8-13-10-24-6-7-25-18-4-5-23-11-15(18)14(9-12)20(13)25/h1-3,8-9,15,18,23-24H,4-7,10-11H2. The molecule has 130 valence electrons. The van der Waals surface area contributed by atoms with Gasteiger partial charge in [0.05, 0.1) is 5.56 Å². The smallest absolute Gasteiger partial charge is 0.133 e. The van der Waals surface area contributed by atoms with Crippen molar-refractivity contribution in [3.05, 3.63) is 53.1 Å². The van der Waals surface area contributed by atoms with E-state index in [1.807, 2.05) is 12.1 Å². The zero-order valence-electron chi connectivity index (χ0n) is 14.0. The summed E-state index contributed by atoms with van der Waals surface area (Å²) in [7, 11) is 0. The second kappa shape index (κ2) is 5.78. The number of hydrogen-bond acceptors (Lipinski definition) is 3. The summed E-state index contributed by atoms with van der Waals surface area (Å²) in [5, 5.41) is 6.94. The van der Waals surface area contributed by atoms with Crippen LogP contribution in [0.25, 0.3) is 11.1 Å². The van der Waals surface area contributed by atoms with Crippen molar-refractivity contribution in [2.24, 2.45) is 0 Å². The lowest BCUT2D eigenvalue weighted by atomic mass is 9.87. The Bertz CT molecular complexity index is 816. The number of nitrogens with zero attached hydrogens (tertiary/aromatic N) is 1. The number of rotatable bonds is 1. The molecular formula is C20H21F2N3. The Morgan fingerprint density at radius 2 is 1.88 bits per heavy atom. The quantitative estimate of drug-likeness (QED) is 0.835. The molecule has 0 spiro atoms. The number of halogens is 2. The van der Waals surface area contributed by atoms with E-state index in [4.69, 9.17) is 0 Å². The van der Waals surface area contributed by atoms with E-state index in [0.29, 0.717) is 17.5 Å². The Kier molecular flexibility index (Phi) is 3.54. The van der Waals surface area contributed by atoms with E-state index in [1.165, 1.54) is 29.4 Å². The first kappa shape index (κ1) is 15.3. The summed E-state index contributed by atoms with van der Waals surface area (Å²) >= 11 is 0. The molecule has 3 aliphatic rings. The van der Waals surface area contributed by atoms with Crippen LogP contribution in [-0.4, -0.2) is 32.2 Å². The van der Waals surface area contributed by atoms with Crippen LogP contribution in [0, 0.1) is 11.6 Å². The van der Waals surface area contributed by atoms with E-state index >= 15 is 0 Å². The van der Waals surface area contributed by atoms with Crippen LogP contribution >= 0.6 is 0 Å². The molecule has 1 fully saturated rings. The van der Waals surface area contributed by atoms with E-state index in [0.717, 1.165) is 44.7 Å². The molecule has 5 rings (SSSR count). The molecular weight excluding hydrogens is 320 g/mol. The van der Waals surface area contributed by atoms with Crippen molar-refractivity contribution < 1.29 is 8.78 Å². The van der Waals surface area contributed by atoms with Crippen LogP contribution in [0.2, 0.25) is 0 Å². The van der Waals surface area contributed by atoms with Crippen LogP contribution in [0.4, 0.5) is 14.5 Å². The van der Waals surface area contributed by atoms with Crippen LogP contribution in [0.3, 0.4) is 0 Å². The lowest BCUT2D eigenvalue weighted by molar-refractivity contribution is 0.402. The van der Waals surface area contributed by atoms with Gasteiger partial charge in [0.25, 0.3) is 0 Å². The molecule has 3 heterocycles. The van der Waals surface area contributed by atoms with Gasteiger partial charge in [-0.05, 0) is 53.9 Å². The van der Waals surface area contributed by atoms with Gasteiger partial charge in [-0.15, -0.1) is 0 Å². The lowest BCUT2D eigenvalue weighted by Gasteiger charge is -2.33. The molecule has 2 N–H and O–H groups in total. The fraction of sp³-hybridized carbons (Fsp3) is 0.400. The Morgan fingerprint density at radius 1 is 1.04 bits per heavy atom. The van der Waals surface area contributed by atoms with Gasteiger partial charge in [-0.3, -0.25) is 0 Å². The van der Waals surface area contributed by atoms with Gasteiger partial charge >= 0.3 is 0 Å². The van der Waals surface area contributed by atoms with E-state index in [2.05, 4.69) is 15.5 Å². The highest BCUT2D eigenvalue weighted by atomic mass is 19.1. The summed E-state index contributed by atoms with van der Waals surface area (Å²) < 4.78 is 28.7. The van der Waals surface area contributed by atoms with Crippen molar-refractivity contribution in [2.75, 3.05) is 31.1 Å². The maximum atomic E-state index is 14.3. The highest BCUT2D eigenvalue weighted by molar-refractivity contribution is 5.76. The van der Waals surface area contributed by atoms with Crippen molar-refractivity contribution in [2.45, 2.75) is 24.9 Å². The normalized spacial score (nSPS) is 24.6. The molecule has 2 unspecified atom stereocenters. The largest absolute Gasteiger partial charge is 0.366 e. The van der Waals surface area contributed by atoms with E-state index in [-0.39, 0.29) is 5.56 Å². The molecule has 0 saturated carbocycles. The third-order valence-electron chi connectivity index (χ3n) is 5.85. The number of nitrogens with one attached hydrogen (secondary N) is 2. The van der Waals surface area contributed by atoms with Crippen molar-refractivity contribution in [1.29, 1.82) is 0 Å². The predicted molar refractivity (Wildman–Crippen MR) is 94.9 cm³/mol. The third-order valence-corrected chi connectivity index (χ3v) is 5.85. The molecule has 1 saturated heterocycles. The van der Waals surface area contributed by atoms with Gasteiger partial charge in [-0.2, -0.15) is 0 Å². The second-order valence-corrected chi connectivity index (χ2v) is 7.21. The molecule has 0 radical (unpaired) electrons. The summed E-state index contributed by atoms with van der Waals surface area (Å²) in [5.41, 5.74) is 4.44. The monoisotopic (exact) mass is 341 g/mol.